The van der Waals surface area contributed by atoms with Crippen molar-refractivity contribution in [1.29, 1.82) is 0 Å². The van der Waals surface area contributed by atoms with E-state index in [-0.39, 0.29) is 11.4 Å². The van der Waals surface area contributed by atoms with Gasteiger partial charge in [0.1, 0.15) is 6.54 Å². The van der Waals surface area contributed by atoms with Gasteiger partial charge in [-0.15, -0.1) is 0 Å². The maximum absolute atomic E-state index is 12.8. The summed E-state index contributed by atoms with van der Waals surface area (Å²) in [5.41, 5.74) is 2.32. The van der Waals surface area contributed by atoms with Gasteiger partial charge in [-0.3, -0.25) is 19.3 Å². The molecule has 0 atom stereocenters. The van der Waals surface area contributed by atoms with Crippen LogP contribution in [0.2, 0.25) is 0 Å². The smallest absolute Gasteiger partial charge is 0.294 e. The van der Waals surface area contributed by atoms with Crippen molar-refractivity contribution in [3.63, 3.8) is 0 Å². The first-order chi connectivity index (χ1) is 16.5. The van der Waals surface area contributed by atoms with Crippen LogP contribution < -0.4 is 19.7 Å². The summed E-state index contributed by atoms with van der Waals surface area (Å²) in [6, 6.07) is 12.6. The van der Waals surface area contributed by atoms with Crippen LogP contribution in [0.1, 0.15) is 5.56 Å². The van der Waals surface area contributed by atoms with Crippen LogP contribution in [0.5, 0.6) is 11.5 Å². The van der Waals surface area contributed by atoms with E-state index in [1.165, 1.54) is 14.2 Å². The van der Waals surface area contributed by atoms with Gasteiger partial charge in [0.25, 0.3) is 11.1 Å². The number of ether oxygens (including phenoxy) is 3. The van der Waals surface area contributed by atoms with Gasteiger partial charge in [-0.2, -0.15) is 0 Å². The summed E-state index contributed by atoms with van der Waals surface area (Å²) in [5, 5.41) is 2.25. The second-order valence-electron chi connectivity index (χ2n) is 7.58. The number of carbonyl (C=O) groups excluding carboxylic acids is 3. The van der Waals surface area contributed by atoms with Crippen LogP contribution in [0, 0.1) is 0 Å². The van der Waals surface area contributed by atoms with Crippen LogP contribution >= 0.6 is 11.8 Å². The molecule has 0 saturated carbocycles. The average molecular weight is 484 g/mol. The van der Waals surface area contributed by atoms with Gasteiger partial charge >= 0.3 is 0 Å². The van der Waals surface area contributed by atoms with Gasteiger partial charge in [0.2, 0.25) is 5.91 Å². The van der Waals surface area contributed by atoms with Crippen LogP contribution in [0.15, 0.2) is 47.4 Å². The van der Waals surface area contributed by atoms with Gasteiger partial charge in [-0.1, -0.05) is 6.07 Å². The highest BCUT2D eigenvalue weighted by Crippen LogP contribution is 2.34. The summed E-state index contributed by atoms with van der Waals surface area (Å²) in [4.78, 5) is 41.1. The third-order valence-corrected chi connectivity index (χ3v) is 6.32. The zero-order valence-corrected chi connectivity index (χ0v) is 19.7. The van der Waals surface area contributed by atoms with E-state index in [9.17, 15) is 14.4 Å². The molecule has 0 unspecified atom stereocenters. The molecule has 178 valence electrons. The Balaban J connectivity index is 1.38. The molecule has 0 bridgehead atoms. The fourth-order valence-electron chi connectivity index (χ4n) is 3.65. The minimum absolute atomic E-state index is 0.236. The Labute approximate surface area is 201 Å². The number of benzene rings is 2. The van der Waals surface area contributed by atoms with Crippen LogP contribution in [0.4, 0.5) is 16.2 Å². The Bertz CT molecular complexity index is 1110. The van der Waals surface area contributed by atoms with Crippen molar-refractivity contribution in [1.82, 2.24) is 4.90 Å². The molecule has 10 heteroatoms. The van der Waals surface area contributed by atoms with Crippen LogP contribution in [0.25, 0.3) is 6.08 Å². The number of morpholine rings is 1. The van der Waals surface area contributed by atoms with Crippen LogP contribution in [-0.2, 0) is 14.3 Å². The number of nitrogens with one attached hydrogen (secondary N) is 1. The van der Waals surface area contributed by atoms with E-state index in [2.05, 4.69) is 10.2 Å². The fourth-order valence-corrected chi connectivity index (χ4v) is 4.49. The Hall–Kier alpha value is -3.50. The average Bonchev–Trinajstić information content (AvgIpc) is 3.12. The van der Waals surface area contributed by atoms with Gasteiger partial charge in [0, 0.05) is 24.5 Å². The number of methoxy groups -OCH3 is 2. The van der Waals surface area contributed by atoms with E-state index in [1.807, 2.05) is 12.1 Å². The Morgan fingerprint density at radius 3 is 2.44 bits per heavy atom. The van der Waals surface area contributed by atoms with E-state index in [0.29, 0.717) is 36.0 Å². The number of hydrogen-bond acceptors (Lipinski definition) is 8. The monoisotopic (exact) mass is 483 g/mol. The molecule has 2 heterocycles. The van der Waals surface area contributed by atoms with Gasteiger partial charge < -0.3 is 24.4 Å². The van der Waals surface area contributed by atoms with E-state index in [4.69, 9.17) is 14.2 Å². The minimum atomic E-state index is -0.511. The summed E-state index contributed by atoms with van der Waals surface area (Å²) < 4.78 is 15.9. The van der Waals surface area contributed by atoms with Gasteiger partial charge in [0.15, 0.2) is 11.5 Å². The maximum atomic E-state index is 12.8. The molecule has 3 amide bonds. The Kier molecular flexibility index (Phi) is 7.39. The number of hydrogen-bond donors (Lipinski definition) is 1. The molecule has 4 rings (SSSR count). The number of thioether (sulfide) groups is 1. The molecule has 0 aliphatic carbocycles. The highest BCUT2D eigenvalue weighted by atomic mass is 32.2. The lowest BCUT2D eigenvalue weighted by Crippen LogP contribution is -2.36. The number of nitrogens with zero attached hydrogens (tertiary/aromatic N) is 2. The number of imide groups is 1. The van der Waals surface area contributed by atoms with Crippen molar-refractivity contribution in [3.8, 4) is 11.5 Å². The number of carbonyl (C=O) groups is 3. The molecule has 2 aliphatic rings. The predicted molar refractivity (Wildman–Crippen MR) is 130 cm³/mol. The summed E-state index contributed by atoms with van der Waals surface area (Å²) in [5.74, 6) is 0.105. The van der Waals surface area contributed by atoms with E-state index in [0.717, 1.165) is 35.4 Å². The van der Waals surface area contributed by atoms with Gasteiger partial charge in [0.05, 0.1) is 32.3 Å². The number of rotatable bonds is 7. The standard InChI is InChI=1S/C24H25N3O6S/c1-31-19-8-3-16(13-20(19)32-2)14-21-23(29)27(24(30)34-21)15-22(28)25-17-4-6-18(7-5-17)26-9-11-33-12-10-26/h3-8,13-14H,9-12,15H2,1-2H3,(H,25,28)/b21-14+. The molecule has 2 aromatic carbocycles. The molecule has 2 aliphatic heterocycles. The molecule has 1 N–H and O–H groups in total. The maximum Gasteiger partial charge on any atom is 0.294 e. The molecule has 2 saturated heterocycles. The molecule has 0 spiro atoms. The largest absolute Gasteiger partial charge is 0.493 e. The van der Waals surface area contributed by atoms with E-state index >= 15 is 0 Å². The minimum Gasteiger partial charge on any atom is -0.493 e. The summed E-state index contributed by atoms with van der Waals surface area (Å²) >= 11 is 0.797. The Morgan fingerprint density at radius 1 is 1.06 bits per heavy atom. The summed E-state index contributed by atoms with van der Waals surface area (Å²) in [6.07, 6.45) is 1.59. The lowest BCUT2D eigenvalue weighted by atomic mass is 10.2. The molecule has 0 aromatic heterocycles. The van der Waals surface area contributed by atoms with Crippen molar-refractivity contribution in [2.24, 2.45) is 0 Å². The molecule has 9 nitrogen and oxygen atoms in total. The first kappa shape index (κ1) is 23.7. The Morgan fingerprint density at radius 2 is 1.76 bits per heavy atom. The lowest BCUT2D eigenvalue weighted by Gasteiger charge is -2.28. The molecule has 2 aromatic rings. The fraction of sp³-hybridized carbons (Fsp3) is 0.292. The second-order valence-corrected chi connectivity index (χ2v) is 8.57. The first-order valence-electron chi connectivity index (χ1n) is 10.7. The van der Waals surface area contributed by atoms with Crippen molar-refractivity contribution >= 4 is 46.3 Å². The van der Waals surface area contributed by atoms with Gasteiger partial charge in [-0.05, 0) is 59.8 Å². The molecule has 34 heavy (non-hydrogen) atoms. The third kappa shape index (κ3) is 5.35. The van der Waals surface area contributed by atoms with Crippen molar-refractivity contribution in [3.05, 3.63) is 52.9 Å². The van der Waals surface area contributed by atoms with Gasteiger partial charge in [-0.25, -0.2) is 0 Å². The van der Waals surface area contributed by atoms with E-state index < -0.39 is 17.1 Å². The third-order valence-electron chi connectivity index (χ3n) is 5.41. The number of amides is 3. The number of anilines is 2. The van der Waals surface area contributed by atoms with E-state index in [1.54, 1.807) is 36.4 Å². The van der Waals surface area contributed by atoms with Crippen LogP contribution in [0.3, 0.4) is 0 Å². The van der Waals surface area contributed by atoms with Crippen molar-refractivity contribution in [2.45, 2.75) is 0 Å². The summed E-state index contributed by atoms with van der Waals surface area (Å²) in [7, 11) is 3.05. The quantitative estimate of drug-likeness (QED) is 0.600. The zero-order valence-electron chi connectivity index (χ0n) is 18.9. The highest BCUT2D eigenvalue weighted by molar-refractivity contribution is 8.18. The molecule has 2 fully saturated rings. The topological polar surface area (TPSA) is 97.4 Å². The summed E-state index contributed by atoms with van der Waals surface area (Å²) in [6.45, 7) is 2.66. The second kappa shape index (κ2) is 10.6. The van der Waals surface area contributed by atoms with Crippen LogP contribution in [-0.4, -0.2) is 69.0 Å². The predicted octanol–water partition coefficient (Wildman–Crippen LogP) is 3.22. The zero-order chi connectivity index (χ0) is 24.1. The lowest BCUT2D eigenvalue weighted by molar-refractivity contribution is -0.127. The first-order valence-corrected chi connectivity index (χ1v) is 11.5. The molecule has 0 radical (unpaired) electrons. The SMILES string of the molecule is COc1ccc(/C=C2/SC(=O)N(CC(=O)Nc3ccc(N4CCOCC4)cc3)C2=O)cc1OC. The highest BCUT2D eigenvalue weighted by Gasteiger charge is 2.36. The van der Waals surface area contributed by atoms with Crippen molar-refractivity contribution in [2.75, 3.05) is 57.3 Å². The normalized spacial score (nSPS) is 17.3. The molecular weight excluding hydrogens is 458 g/mol. The van der Waals surface area contributed by atoms with Crippen molar-refractivity contribution < 1.29 is 28.6 Å². The molecular formula is C24H25N3O6S.